The summed E-state index contributed by atoms with van der Waals surface area (Å²) in [4.78, 5) is 1.71. The highest BCUT2D eigenvalue weighted by atomic mass is 19.2. The first-order valence-electron chi connectivity index (χ1n) is 4.32. The summed E-state index contributed by atoms with van der Waals surface area (Å²) in [6.45, 7) is 2.72. The third-order valence-electron chi connectivity index (χ3n) is 1.90. The summed E-state index contributed by atoms with van der Waals surface area (Å²) in [5.74, 6) is -1.56. The number of halogens is 2. The summed E-state index contributed by atoms with van der Waals surface area (Å²) >= 11 is 0. The summed E-state index contributed by atoms with van der Waals surface area (Å²) in [5.41, 5.74) is 0.321. The highest BCUT2D eigenvalue weighted by molar-refractivity contribution is 5.47. The van der Waals surface area contributed by atoms with Crippen LogP contribution in [0.2, 0.25) is 0 Å². The second-order valence-corrected chi connectivity index (χ2v) is 2.99. The molecule has 0 aromatic heterocycles. The Morgan fingerprint density at radius 3 is 2.62 bits per heavy atom. The zero-order chi connectivity index (χ0) is 9.84. The Morgan fingerprint density at radius 2 is 2.00 bits per heavy atom. The van der Waals surface area contributed by atoms with Gasteiger partial charge in [0.2, 0.25) is 0 Å². The van der Waals surface area contributed by atoms with Crippen LogP contribution >= 0.6 is 0 Å². The fraction of sp³-hybridized carbons (Fsp3) is 0.400. The second-order valence-electron chi connectivity index (χ2n) is 2.99. The first kappa shape index (κ1) is 9.96. The first-order valence-corrected chi connectivity index (χ1v) is 4.32. The molecule has 0 radical (unpaired) electrons. The van der Waals surface area contributed by atoms with Gasteiger partial charge in [-0.15, -0.1) is 0 Å². The van der Waals surface area contributed by atoms with Crippen LogP contribution in [0, 0.1) is 11.6 Å². The molecule has 0 heterocycles. The van der Waals surface area contributed by atoms with Gasteiger partial charge in [-0.1, -0.05) is 13.0 Å². The second kappa shape index (κ2) is 4.21. The van der Waals surface area contributed by atoms with Crippen molar-refractivity contribution >= 4 is 5.69 Å². The van der Waals surface area contributed by atoms with Crippen LogP contribution in [0.4, 0.5) is 14.5 Å². The zero-order valence-corrected chi connectivity index (χ0v) is 7.85. The van der Waals surface area contributed by atoms with E-state index in [1.165, 1.54) is 6.07 Å². The SMILES string of the molecule is CCCN(C)c1cccc(F)c1F. The molecule has 1 aromatic carbocycles. The molecular formula is C10H13F2N. The molecule has 0 saturated heterocycles. The van der Waals surface area contributed by atoms with Crippen molar-refractivity contribution in [2.75, 3.05) is 18.5 Å². The van der Waals surface area contributed by atoms with Crippen LogP contribution in [-0.2, 0) is 0 Å². The fourth-order valence-electron chi connectivity index (χ4n) is 1.24. The summed E-state index contributed by atoms with van der Waals surface area (Å²) in [7, 11) is 1.75. The molecule has 0 N–H and O–H groups in total. The van der Waals surface area contributed by atoms with Crippen LogP contribution in [-0.4, -0.2) is 13.6 Å². The molecule has 0 aliphatic carbocycles. The standard InChI is InChI=1S/C10H13F2N/c1-3-7-13(2)9-6-4-5-8(11)10(9)12/h4-6H,3,7H2,1-2H3. The Balaban J connectivity index is 2.93. The quantitative estimate of drug-likeness (QED) is 0.699. The molecule has 0 saturated carbocycles. The zero-order valence-electron chi connectivity index (χ0n) is 7.85. The highest BCUT2D eigenvalue weighted by Crippen LogP contribution is 2.19. The highest BCUT2D eigenvalue weighted by Gasteiger charge is 2.10. The van der Waals surface area contributed by atoms with Crippen molar-refractivity contribution in [1.82, 2.24) is 0 Å². The van der Waals surface area contributed by atoms with Gasteiger partial charge in [0.1, 0.15) is 0 Å². The van der Waals surface area contributed by atoms with Crippen molar-refractivity contribution in [2.24, 2.45) is 0 Å². The Kier molecular flexibility index (Phi) is 3.23. The monoisotopic (exact) mass is 185 g/mol. The minimum atomic E-state index is -0.791. The third-order valence-corrected chi connectivity index (χ3v) is 1.90. The van der Waals surface area contributed by atoms with Crippen molar-refractivity contribution in [1.29, 1.82) is 0 Å². The van der Waals surface area contributed by atoms with Gasteiger partial charge in [-0.3, -0.25) is 0 Å². The summed E-state index contributed by atoms with van der Waals surface area (Å²) < 4.78 is 25.9. The predicted molar refractivity (Wildman–Crippen MR) is 49.9 cm³/mol. The van der Waals surface area contributed by atoms with Gasteiger partial charge in [-0.25, -0.2) is 8.78 Å². The van der Waals surface area contributed by atoms with Crippen LogP contribution in [0.25, 0.3) is 0 Å². The Bertz CT molecular complexity index is 286. The molecular weight excluding hydrogens is 172 g/mol. The van der Waals surface area contributed by atoms with E-state index in [0.717, 1.165) is 19.0 Å². The summed E-state index contributed by atoms with van der Waals surface area (Å²) in [6.07, 6.45) is 0.909. The smallest absolute Gasteiger partial charge is 0.182 e. The molecule has 0 unspecified atom stereocenters. The van der Waals surface area contributed by atoms with E-state index in [9.17, 15) is 8.78 Å². The molecule has 0 amide bonds. The molecule has 1 rings (SSSR count). The number of hydrogen-bond acceptors (Lipinski definition) is 1. The van der Waals surface area contributed by atoms with Gasteiger partial charge < -0.3 is 4.90 Å². The topological polar surface area (TPSA) is 3.24 Å². The van der Waals surface area contributed by atoms with E-state index < -0.39 is 11.6 Å². The Labute approximate surface area is 77.0 Å². The maximum atomic E-state index is 13.2. The van der Waals surface area contributed by atoms with Gasteiger partial charge in [-0.05, 0) is 18.6 Å². The Morgan fingerprint density at radius 1 is 1.31 bits per heavy atom. The van der Waals surface area contributed by atoms with E-state index in [1.54, 1.807) is 18.0 Å². The number of benzene rings is 1. The Hall–Kier alpha value is -1.12. The van der Waals surface area contributed by atoms with Gasteiger partial charge in [0, 0.05) is 13.6 Å². The van der Waals surface area contributed by atoms with Crippen LogP contribution in [0.3, 0.4) is 0 Å². The van der Waals surface area contributed by atoms with Gasteiger partial charge >= 0.3 is 0 Å². The van der Waals surface area contributed by atoms with E-state index in [4.69, 9.17) is 0 Å². The number of rotatable bonds is 3. The first-order chi connectivity index (χ1) is 6.16. The van der Waals surface area contributed by atoms with Crippen molar-refractivity contribution in [2.45, 2.75) is 13.3 Å². The molecule has 1 aromatic rings. The van der Waals surface area contributed by atoms with E-state index in [2.05, 4.69) is 0 Å². The molecule has 0 aliphatic rings. The van der Waals surface area contributed by atoms with Crippen LogP contribution in [0.15, 0.2) is 18.2 Å². The predicted octanol–water partition coefficient (Wildman–Crippen LogP) is 2.81. The van der Waals surface area contributed by atoms with Crippen molar-refractivity contribution in [3.8, 4) is 0 Å². The van der Waals surface area contributed by atoms with Crippen LogP contribution in [0.5, 0.6) is 0 Å². The molecule has 1 nitrogen and oxygen atoms in total. The summed E-state index contributed by atoms with van der Waals surface area (Å²) in [5, 5.41) is 0. The molecule has 72 valence electrons. The van der Waals surface area contributed by atoms with E-state index in [1.807, 2.05) is 6.92 Å². The summed E-state index contributed by atoms with van der Waals surface area (Å²) in [6, 6.07) is 4.21. The van der Waals surface area contributed by atoms with E-state index in [0.29, 0.717) is 5.69 Å². The molecule has 0 fully saturated rings. The van der Waals surface area contributed by atoms with Gasteiger partial charge in [0.15, 0.2) is 11.6 Å². The lowest BCUT2D eigenvalue weighted by Crippen LogP contribution is -2.19. The van der Waals surface area contributed by atoms with Crippen molar-refractivity contribution < 1.29 is 8.78 Å². The number of nitrogens with zero attached hydrogens (tertiary/aromatic N) is 1. The van der Waals surface area contributed by atoms with Crippen LogP contribution in [0.1, 0.15) is 13.3 Å². The molecule has 0 atom stereocenters. The molecule has 0 bridgehead atoms. The van der Waals surface area contributed by atoms with Gasteiger partial charge in [0.25, 0.3) is 0 Å². The maximum absolute atomic E-state index is 13.2. The molecule has 0 spiro atoms. The largest absolute Gasteiger partial charge is 0.372 e. The van der Waals surface area contributed by atoms with Crippen LogP contribution < -0.4 is 4.90 Å². The van der Waals surface area contributed by atoms with E-state index in [-0.39, 0.29) is 0 Å². The minimum Gasteiger partial charge on any atom is -0.372 e. The lowest BCUT2D eigenvalue weighted by molar-refractivity contribution is 0.507. The molecule has 13 heavy (non-hydrogen) atoms. The number of hydrogen-bond donors (Lipinski definition) is 0. The molecule has 0 aliphatic heterocycles. The average molecular weight is 185 g/mol. The van der Waals surface area contributed by atoms with Crippen molar-refractivity contribution in [3.63, 3.8) is 0 Å². The lowest BCUT2D eigenvalue weighted by atomic mass is 10.2. The van der Waals surface area contributed by atoms with Gasteiger partial charge in [0.05, 0.1) is 5.69 Å². The maximum Gasteiger partial charge on any atom is 0.182 e. The lowest BCUT2D eigenvalue weighted by Gasteiger charge is -2.18. The molecule has 3 heteroatoms. The van der Waals surface area contributed by atoms with Gasteiger partial charge in [-0.2, -0.15) is 0 Å². The van der Waals surface area contributed by atoms with E-state index >= 15 is 0 Å². The number of anilines is 1. The average Bonchev–Trinajstić information content (AvgIpc) is 2.10. The normalized spacial score (nSPS) is 10.2. The van der Waals surface area contributed by atoms with Crippen molar-refractivity contribution in [3.05, 3.63) is 29.8 Å². The third kappa shape index (κ3) is 2.17. The minimum absolute atomic E-state index is 0.321. The fourth-order valence-corrected chi connectivity index (χ4v) is 1.24.